The van der Waals surface area contributed by atoms with Gasteiger partial charge in [-0.15, -0.1) is 0 Å². The number of anilines is 1. The van der Waals surface area contributed by atoms with Gasteiger partial charge in [0.15, 0.2) is 5.92 Å². The molecular weight excluding hydrogens is 396 g/mol. The number of rotatable bonds is 4. The second-order valence-electron chi connectivity index (χ2n) is 7.55. The van der Waals surface area contributed by atoms with Crippen LogP contribution in [0, 0.1) is 12.8 Å². The highest BCUT2D eigenvalue weighted by molar-refractivity contribution is 6.08. The Morgan fingerprint density at radius 2 is 1.84 bits per heavy atom. The van der Waals surface area contributed by atoms with Gasteiger partial charge >= 0.3 is 5.97 Å². The standard InChI is InChI=1S/C22H26N6O3/c1-3-31-20(30)17-18(16-7-4-6-15(2)14-16)25-22(26-19(17)29)28-12-10-27(11-13-28)21-23-8-5-9-24-21/h4-9,14,17-18H,3,10-13H2,1-2H3,(H,25,26,29)/t17-,18-/m1/s1. The van der Waals surface area contributed by atoms with E-state index in [2.05, 4.69) is 20.2 Å². The van der Waals surface area contributed by atoms with Crippen LogP contribution in [0.3, 0.4) is 0 Å². The molecule has 0 radical (unpaired) electrons. The number of nitrogens with zero attached hydrogens (tertiary/aromatic N) is 5. The van der Waals surface area contributed by atoms with Crippen molar-refractivity contribution in [3.8, 4) is 0 Å². The van der Waals surface area contributed by atoms with Gasteiger partial charge in [-0.1, -0.05) is 29.8 Å². The van der Waals surface area contributed by atoms with E-state index >= 15 is 0 Å². The molecule has 1 N–H and O–H groups in total. The fourth-order valence-electron chi connectivity index (χ4n) is 3.89. The molecule has 1 amide bonds. The van der Waals surface area contributed by atoms with E-state index in [-0.39, 0.29) is 12.5 Å². The number of ether oxygens (including phenoxy) is 1. The van der Waals surface area contributed by atoms with E-state index in [1.54, 1.807) is 25.4 Å². The normalized spacial score (nSPS) is 21.4. The van der Waals surface area contributed by atoms with E-state index in [0.29, 0.717) is 38.1 Å². The SMILES string of the molecule is CCOC(=O)[C@H]1C(=O)NC(N2CCN(c3ncccn3)CC2)=N[C@@H]1c1cccc(C)c1. The number of guanidine groups is 1. The quantitative estimate of drug-likeness (QED) is 0.586. The van der Waals surface area contributed by atoms with Gasteiger partial charge in [0.2, 0.25) is 17.8 Å². The number of hydrogen-bond acceptors (Lipinski definition) is 8. The topological polar surface area (TPSA) is 100 Å². The van der Waals surface area contributed by atoms with Crippen molar-refractivity contribution in [1.82, 2.24) is 20.2 Å². The predicted molar refractivity (Wildman–Crippen MR) is 115 cm³/mol. The van der Waals surface area contributed by atoms with E-state index in [1.807, 2.05) is 36.1 Å². The molecule has 1 aromatic carbocycles. The number of esters is 1. The summed E-state index contributed by atoms with van der Waals surface area (Å²) in [6.45, 7) is 6.63. The minimum Gasteiger partial charge on any atom is -0.465 e. The Kier molecular flexibility index (Phi) is 6.11. The Balaban J connectivity index is 1.57. The van der Waals surface area contributed by atoms with Gasteiger partial charge in [0.05, 0.1) is 6.61 Å². The van der Waals surface area contributed by atoms with Crippen molar-refractivity contribution in [2.24, 2.45) is 10.9 Å². The lowest BCUT2D eigenvalue weighted by Crippen LogP contribution is -2.57. The number of aliphatic imine (C=N–C) groups is 1. The molecule has 0 bridgehead atoms. The minimum absolute atomic E-state index is 0.212. The van der Waals surface area contributed by atoms with E-state index in [1.165, 1.54) is 0 Å². The molecule has 1 aromatic heterocycles. The lowest BCUT2D eigenvalue weighted by molar-refractivity contribution is -0.153. The fourth-order valence-corrected chi connectivity index (χ4v) is 3.89. The minimum atomic E-state index is -1.01. The maximum Gasteiger partial charge on any atom is 0.321 e. The molecule has 1 fully saturated rings. The summed E-state index contributed by atoms with van der Waals surface area (Å²) in [5.74, 6) is -0.767. The second kappa shape index (κ2) is 9.11. The zero-order valence-electron chi connectivity index (χ0n) is 17.7. The van der Waals surface area contributed by atoms with Gasteiger partial charge in [-0.25, -0.2) is 15.0 Å². The number of amides is 1. The van der Waals surface area contributed by atoms with Gasteiger partial charge in [-0.05, 0) is 25.5 Å². The third kappa shape index (κ3) is 4.50. The molecule has 2 atom stereocenters. The molecule has 0 saturated carbocycles. The van der Waals surface area contributed by atoms with E-state index in [0.717, 1.165) is 11.1 Å². The predicted octanol–water partition coefficient (Wildman–Crippen LogP) is 1.31. The smallest absolute Gasteiger partial charge is 0.321 e. The fraction of sp³-hybridized carbons (Fsp3) is 0.409. The molecule has 3 heterocycles. The summed E-state index contributed by atoms with van der Waals surface area (Å²) in [6, 6.07) is 8.90. The van der Waals surface area contributed by atoms with Gasteiger partial charge in [0, 0.05) is 38.6 Å². The summed E-state index contributed by atoms with van der Waals surface area (Å²) in [7, 11) is 0. The highest BCUT2D eigenvalue weighted by Gasteiger charge is 2.42. The third-order valence-corrected chi connectivity index (χ3v) is 5.43. The average Bonchev–Trinajstić information content (AvgIpc) is 2.79. The average molecular weight is 422 g/mol. The van der Waals surface area contributed by atoms with Crippen molar-refractivity contribution in [1.29, 1.82) is 0 Å². The van der Waals surface area contributed by atoms with Crippen molar-refractivity contribution < 1.29 is 14.3 Å². The van der Waals surface area contributed by atoms with Gasteiger partial charge < -0.3 is 14.5 Å². The van der Waals surface area contributed by atoms with Crippen LogP contribution >= 0.6 is 0 Å². The highest BCUT2D eigenvalue weighted by atomic mass is 16.5. The largest absolute Gasteiger partial charge is 0.465 e. The van der Waals surface area contributed by atoms with E-state index in [9.17, 15) is 9.59 Å². The van der Waals surface area contributed by atoms with Crippen molar-refractivity contribution >= 4 is 23.8 Å². The first-order valence-corrected chi connectivity index (χ1v) is 10.5. The van der Waals surface area contributed by atoms with Gasteiger partial charge in [-0.2, -0.15) is 0 Å². The maximum absolute atomic E-state index is 13.0. The zero-order chi connectivity index (χ0) is 21.8. The van der Waals surface area contributed by atoms with E-state index in [4.69, 9.17) is 9.73 Å². The number of aromatic nitrogens is 2. The molecule has 0 spiro atoms. The van der Waals surface area contributed by atoms with Crippen LogP contribution in [0.25, 0.3) is 0 Å². The number of carbonyl (C=O) groups is 2. The molecule has 31 heavy (non-hydrogen) atoms. The summed E-state index contributed by atoms with van der Waals surface area (Å²) in [4.78, 5) is 43.1. The Morgan fingerprint density at radius 3 is 2.52 bits per heavy atom. The summed E-state index contributed by atoms with van der Waals surface area (Å²) >= 11 is 0. The van der Waals surface area contributed by atoms with Crippen LogP contribution in [0.15, 0.2) is 47.7 Å². The summed E-state index contributed by atoms with van der Waals surface area (Å²) in [5.41, 5.74) is 1.86. The van der Waals surface area contributed by atoms with Crippen molar-refractivity contribution in [2.45, 2.75) is 19.9 Å². The van der Waals surface area contributed by atoms with Crippen LogP contribution in [0.1, 0.15) is 24.1 Å². The summed E-state index contributed by atoms with van der Waals surface area (Å²) in [6.07, 6.45) is 3.45. The number of nitrogens with one attached hydrogen (secondary N) is 1. The molecule has 0 unspecified atom stereocenters. The monoisotopic (exact) mass is 422 g/mol. The molecule has 2 aromatic rings. The molecular formula is C22H26N6O3. The Bertz CT molecular complexity index is 972. The number of aryl methyl sites for hydroxylation is 1. The zero-order valence-corrected chi connectivity index (χ0v) is 17.7. The van der Waals surface area contributed by atoms with Crippen LogP contribution in [0.2, 0.25) is 0 Å². The van der Waals surface area contributed by atoms with Crippen molar-refractivity contribution in [3.05, 3.63) is 53.9 Å². The van der Waals surface area contributed by atoms with Gasteiger partial charge in [0.1, 0.15) is 6.04 Å². The molecule has 0 aliphatic carbocycles. The molecule has 1 saturated heterocycles. The maximum atomic E-state index is 13.0. The number of carbonyl (C=O) groups excluding carboxylic acids is 2. The molecule has 9 heteroatoms. The first-order valence-electron chi connectivity index (χ1n) is 10.5. The molecule has 9 nitrogen and oxygen atoms in total. The molecule has 2 aliphatic heterocycles. The Hall–Kier alpha value is -3.49. The van der Waals surface area contributed by atoms with Crippen LogP contribution in [-0.2, 0) is 14.3 Å². The highest BCUT2D eigenvalue weighted by Crippen LogP contribution is 2.31. The lowest BCUT2D eigenvalue weighted by atomic mass is 9.90. The van der Waals surface area contributed by atoms with Crippen molar-refractivity contribution in [2.75, 3.05) is 37.7 Å². The van der Waals surface area contributed by atoms with Crippen molar-refractivity contribution in [3.63, 3.8) is 0 Å². The van der Waals surface area contributed by atoms with Crippen LogP contribution in [0.4, 0.5) is 5.95 Å². The van der Waals surface area contributed by atoms with Crippen LogP contribution in [-0.4, -0.2) is 65.5 Å². The molecule has 2 aliphatic rings. The van der Waals surface area contributed by atoms with Crippen LogP contribution in [0.5, 0.6) is 0 Å². The summed E-state index contributed by atoms with van der Waals surface area (Å²) < 4.78 is 5.17. The number of benzene rings is 1. The molecule has 162 valence electrons. The lowest BCUT2D eigenvalue weighted by Gasteiger charge is -2.38. The van der Waals surface area contributed by atoms with Gasteiger partial charge in [-0.3, -0.25) is 14.9 Å². The third-order valence-electron chi connectivity index (χ3n) is 5.43. The van der Waals surface area contributed by atoms with E-state index < -0.39 is 17.9 Å². The second-order valence-corrected chi connectivity index (χ2v) is 7.55. The molecule has 4 rings (SSSR count). The Labute approximate surface area is 181 Å². The number of piperazine rings is 1. The first kappa shape index (κ1) is 20.8. The van der Waals surface area contributed by atoms with Gasteiger partial charge in [0.25, 0.3) is 0 Å². The number of hydrogen-bond donors (Lipinski definition) is 1. The summed E-state index contributed by atoms with van der Waals surface area (Å²) in [5, 5.41) is 2.83. The first-order chi connectivity index (χ1) is 15.1. The van der Waals surface area contributed by atoms with Crippen LogP contribution < -0.4 is 10.2 Å². The Morgan fingerprint density at radius 1 is 1.13 bits per heavy atom.